The standard InChI is InChI=1S/C16H20N2O6S/c1-11-2-5-15(14(8-11)18(20)21)24-9-16(19)17(12-3-4-12)13-6-7-25(22,23)10-13/h2,5,8,12-13H,3-4,6-7,9-10H2,1H3. The van der Waals surface area contributed by atoms with E-state index in [9.17, 15) is 23.3 Å². The third kappa shape index (κ3) is 4.09. The summed E-state index contributed by atoms with van der Waals surface area (Å²) < 4.78 is 28.8. The molecule has 0 aromatic heterocycles. The van der Waals surface area contributed by atoms with Gasteiger partial charge in [-0.05, 0) is 37.8 Å². The maximum Gasteiger partial charge on any atom is 0.311 e. The Labute approximate surface area is 145 Å². The fourth-order valence-corrected chi connectivity index (χ4v) is 4.87. The number of carbonyl (C=O) groups excluding carboxylic acids is 1. The highest BCUT2D eigenvalue weighted by Gasteiger charge is 2.42. The van der Waals surface area contributed by atoms with Gasteiger partial charge >= 0.3 is 5.69 Å². The summed E-state index contributed by atoms with van der Waals surface area (Å²) >= 11 is 0. The largest absolute Gasteiger partial charge is 0.477 e. The Morgan fingerprint density at radius 3 is 2.60 bits per heavy atom. The van der Waals surface area contributed by atoms with Gasteiger partial charge in [0.1, 0.15) is 0 Å². The van der Waals surface area contributed by atoms with Crippen LogP contribution in [0.15, 0.2) is 18.2 Å². The molecule has 2 aliphatic rings. The third-order valence-electron chi connectivity index (χ3n) is 4.49. The smallest absolute Gasteiger partial charge is 0.311 e. The molecule has 1 saturated carbocycles. The van der Waals surface area contributed by atoms with Crippen molar-refractivity contribution in [1.29, 1.82) is 0 Å². The van der Waals surface area contributed by atoms with E-state index < -0.39 is 14.8 Å². The summed E-state index contributed by atoms with van der Waals surface area (Å²) in [5.41, 5.74) is 0.537. The van der Waals surface area contributed by atoms with Crippen LogP contribution in [0.3, 0.4) is 0 Å². The van der Waals surface area contributed by atoms with E-state index in [-0.39, 0.29) is 47.5 Å². The van der Waals surface area contributed by atoms with Crippen molar-refractivity contribution in [2.75, 3.05) is 18.1 Å². The quantitative estimate of drug-likeness (QED) is 0.556. The van der Waals surface area contributed by atoms with Crippen LogP contribution in [0.4, 0.5) is 5.69 Å². The molecule has 9 heteroatoms. The summed E-state index contributed by atoms with van der Waals surface area (Å²) in [6, 6.07) is 4.28. The van der Waals surface area contributed by atoms with Crippen LogP contribution in [-0.4, -0.2) is 54.3 Å². The second kappa shape index (κ2) is 6.62. The molecule has 0 spiro atoms. The lowest BCUT2D eigenvalue weighted by atomic mass is 10.2. The number of nitro groups is 1. The normalized spacial score (nSPS) is 21.7. The second-order valence-electron chi connectivity index (χ2n) is 6.61. The van der Waals surface area contributed by atoms with Crippen molar-refractivity contribution >= 4 is 21.4 Å². The van der Waals surface area contributed by atoms with E-state index >= 15 is 0 Å². The van der Waals surface area contributed by atoms with Crippen LogP contribution in [0.1, 0.15) is 24.8 Å². The number of benzene rings is 1. The van der Waals surface area contributed by atoms with E-state index in [2.05, 4.69) is 0 Å². The van der Waals surface area contributed by atoms with Crippen molar-refractivity contribution in [1.82, 2.24) is 4.90 Å². The number of rotatable bonds is 6. The Morgan fingerprint density at radius 1 is 1.32 bits per heavy atom. The summed E-state index contributed by atoms with van der Waals surface area (Å²) in [6.07, 6.45) is 2.15. The number of sulfone groups is 1. The van der Waals surface area contributed by atoms with Gasteiger partial charge in [-0.2, -0.15) is 0 Å². The Morgan fingerprint density at radius 2 is 2.04 bits per heavy atom. The van der Waals surface area contributed by atoms with Gasteiger partial charge in [-0.25, -0.2) is 8.42 Å². The van der Waals surface area contributed by atoms with Crippen molar-refractivity contribution in [3.8, 4) is 5.75 Å². The third-order valence-corrected chi connectivity index (χ3v) is 6.24. The number of nitrogens with zero attached hydrogens (tertiary/aromatic N) is 2. The fourth-order valence-electron chi connectivity index (χ4n) is 3.16. The summed E-state index contributed by atoms with van der Waals surface area (Å²) in [7, 11) is -3.09. The summed E-state index contributed by atoms with van der Waals surface area (Å²) in [5, 5.41) is 11.1. The Hall–Kier alpha value is -2.16. The molecule has 25 heavy (non-hydrogen) atoms. The summed E-state index contributed by atoms with van der Waals surface area (Å²) in [5.74, 6) is -0.198. The molecular weight excluding hydrogens is 348 g/mol. The van der Waals surface area contributed by atoms with E-state index in [1.165, 1.54) is 12.1 Å². The van der Waals surface area contributed by atoms with Gasteiger partial charge in [0.25, 0.3) is 5.91 Å². The van der Waals surface area contributed by atoms with Gasteiger partial charge in [0, 0.05) is 18.2 Å². The van der Waals surface area contributed by atoms with Crippen LogP contribution < -0.4 is 4.74 Å². The Balaban J connectivity index is 1.70. The molecule has 136 valence electrons. The maximum absolute atomic E-state index is 12.6. The minimum atomic E-state index is -3.09. The lowest BCUT2D eigenvalue weighted by Crippen LogP contribution is -2.45. The topological polar surface area (TPSA) is 107 Å². The molecule has 0 radical (unpaired) electrons. The van der Waals surface area contributed by atoms with E-state index in [0.717, 1.165) is 18.4 Å². The molecule has 1 aliphatic heterocycles. The Kier molecular flexibility index (Phi) is 4.68. The van der Waals surface area contributed by atoms with Gasteiger partial charge in [0.2, 0.25) is 0 Å². The molecule has 0 bridgehead atoms. The van der Waals surface area contributed by atoms with Crippen molar-refractivity contribution in [3.05, 3.63) is 33.9 Å². The average Bonchev–Trinajstić information content (AvgIpc) is 3.29. The monoisotopic (exact) mass is 368 g/mol. The van der Waals surface area contributed by atoms with Crippen LogP contribution in [0, 0.1) is 17.0 Å². The van der Waals surface area contributed by atoms with Gasteiger partial charge < -0.3 is 9.64 Å². The minimum Gasteiger partial charge on any atom is -0.477 e. The first kappa shape index (κ1) is 17.7. The molecule has 1 heterocycles. The number of hydrogen-bond acceptors (Lipinski definition) is 6. The van der Waals surface area contributed by atoms with Crippen LogP contribution in [0.2, 0.25) is 0 Å². The van der Waals surface area contributed by atoms with Crippen molar-refractivity contribution in [2.24, 2.45) is 0 Å². The summed E-state index contributed by atoms with van der Waals surface area (Å²) in [6.45, 7) is 1.40. The van der Waals surface area contributed by atoms with Crippen molar-refractivity contribution in [3.63, 3.8) is 0 Å². The summed E-state index contributed by atoms with van der Waals surface area (Å²) in [4.78, 5) is 24.8. The fraction of sp³-hybridized carbons (Fsp3) is 0.562. The SMILES string of the molecule is Cc1ccc(OCC(=O)N(C2CC2)C2CCS(=O)(=O)C2)c([N+](=O)[O-])c1. The van der Waals surface area contributed by atoms with Crippen LogP contribution >= 0.6 is 0 Å². The first-order valence-corrected chi connectivity index (χ1v) is 9.98. The maximum atomic E-state index is 12.6. The molecule has 1 amide bonds. The molecule has 1 saturated heterocycles. The van der Waals surface area contributed by atoms with E-state index in [4.69, 9.17) is 4.74 Å². The molecule has 1 unspecified atom stereocenters. The highest BCUT2D eigenvalue weighted by atomic mass is 32.2. The highest BCUT2D eigenvalue weighted by molar-refractivity contribution is 7.91. The second-order valence-corrected chi connectivity index (χ2v) is 8.83. The van der Waals surface area contributed by atoms with E-state index in [1.54, 1.807) is 17.9 Å². The highest BCUT2D eigenvalue weighted by Crippen LogP contribution is 2.33. The molecule has 1 aliphatic carbocycles. The molecular formula is C16H20N2O6S. The molecule has 1 atom stereocenters. The molecule has 8 nitrogen and oxygen atoms in total. The van der Waals surface area contributed by atoms with Gasteiger partial charge in [-0.3, -0.25) is 14.9 Å². The minimum absolute atomic E-state index is 0.0140. The number of ether oxygens (including phenoxy) is 1. The van der Waals surface area contributed by atoms with Gasteiger partial charge in [0.15, 0.2) is 22.2 Å². The van der Waals surface area contributed by atoms with Crippen molar-refractivity contribution < 1.29 is 22.9 Å². The molecule has 1 aromatic rings. The Bertz CT molecular complexity index is 803. The first-order valence-electron chi connectivity index (χ1n) is 8.16. The molecule has 0 N–H and O–H groups in total. The predicted molar refractivity (Wildman–Crippen MR) is 90.3 cm³/mol. The van der Waals surface area contributed by atoms with Gasteiger partial charge in [0.05, 0.1) is 16.4 Å². The number of hydrogen-bond donors (Lipinski definition) is 0. The predicted octanol–water partition coefficient (Wildman–Crippen LogP) is 1.46. The molecule has 3 rings (SSSR count). The zero-order chi connectivity index (χ0) is 18.2. The van der Waals surface area contributed by atoms with Crippen LogP contribution in [0.5, 0.6) is 5.75 Å². The number of amides is 1. The lowest BCUT2D eigenvalue weighted by molar-refractivity contribution is -0.385. The number of nitro benzene ring substituents is 1. The average molecular weight is 368 g/mol. The number of carbonyl (C=O) groups is 1. The zero-order valence-corrected chi connectivity index (χ0v) is 14.7. The first-order chi connectivity index (χ1) is 11.8. The van der Waals surface area contributed by atoms with Crippen LogP contribution in [0.25, 0.3) is 0 Å². The van der Waals surface area contributed by atoms with E-state index in [1.807, 2.05) is 0 Å². The van der Waals surface area contributed by atoms with Crippen molar-refractivity contribution in [2.45, 2.75) is 38.3 Å². The van der Waals surface area contributed by atoms with Gasteiger partial charge in [-0.15, -0.1) is 0 Å². The van der Waals surface area contributed by atoms with Crippen LogP contribution in [-0.2, 0) is 14.6 Å². The molecule has 1 aromatic carbocycles. The lowest BCUT2D eigenvalue weighted by Gasteiger charge is -2.28. The van der Waals surface area contributed by atoms with Gasteiger partial charge in [-0.1, -0.05) is 6.07 Å². The zero-order valence-electron chi connectivity index (χ0n) is 13.9. The molecule has 2 fully saturated rings. The number of aryl methyl sites for hydroxylation is 1. The van der Waals surface area contributed by atoms with E-state index in [0.29, 0.717) is 6.42 Å².